The lowest BCUT2D eigenvalue weighted by molar-refractivity contribution is -0.338. The number of aliphatic hydroxyl groups is 2. The lowest BCUT2D eigenvalue weighted by Crippen LogP contribution is -2.61. The van der Waals surface area contributed by atoms with Crippen LogP contribution in [0.3, 0.4) is 0 Å². The number of methoxy groups -OCH3 is 3. The number of hydrogen-bond acceptors (Lipinski definition) is 17. The summed E-state index contributed by atoms with van der Waals surface area (Å²) >= 11 is 0. The number of aliphatic hydroxyl groups excluding tert-OH is 1. The molecule has 3 saturated heterocycles. The van der Waals surface area contributed by atoms with E-state index >= 15 is 0 Å². The molecule has 0 aromatic heterocycles. The highest BCUT2D eigenvalue weighted by molar-refractivity contribution is 5.92. The van der Waals surface area contributed by atoms with Gasteiger partial charge >= 0.3 is 11.9 Å². The highest BCUT2D eigenvalue weighted by Crippen LogP contribution is 2.56. The van der Waals surface area contributed by atoms with Gasteiger partial charge in [-0.1, -0.05) is 48.9 Å². The van der Waals surface area contributed by atoms with Gasteiger partial charge in [0.1, 0.15) is 47.7 Å². The summed E-state index contributed by atoms with van der Waals surface area (Å²) < 4.78 is 67.6. The van der Waals surface area contributed by atoms with Gasteiger partial charge in [-0.05, 0) is 83.8 Å². The Morgan fingerprint density at radius 1 is 0.814 bits per heavy atom. The van der Waals surface area contributed by atoms with Gasteiger partial charge in [0, 0.05) is 72.4 Å². The molecule has 19 unspecified atom stereocenters. The van der Waals surface area contributed by atoms with Crippen molar-refractivity contribution in [2.75, 3.05) is 21.3 Å². The highest BCUT2D eigenvalue weighted by atomic mass is 16.7. The first kappa shape index (κ1) is 54.3. The molecule has 3 aliphatic carbocycles. The fourth-order valence-electron chi connectivity index (χ4n) is 12.1. The zero-order chi connectivity index (χ0) is 50.7. The Hall–Kier alpha value is -3.46. The van der Waals surface area contributed by atoms with Crippen LogP contribution in [0.1, 0.15) is 118 Å². The second-order valence-corrected chi connectivity index (χ2v) is 20.6. The van der Waals surface area contributed by atoms with Gasteiger partial charge in [-0.3, -0.25) is 14.4 Å². The minimum atomic E-state index is -1.88. The number of allylic oxidation sites excluding steroid dienone is 1. The lowest BCUT2D eigenvalue weighted by Gasteiger charge is -2.51. The van der Waals surface area contributed by atoms with Crippen LogP contribution >= 0.6 is 0 Å². The normalized spacial score (nSPS) is 41.1. The van der Waals surface area contributed by atoms with Gasteiger partial charge in [0.2, 0.25) is 0 Å². The predicted octanol–water partition coefficient (Wildman–Crippen LogP) is 5.73. The molecule has 1 aromatic rings. The van der Waals surface area contributed by atoms with Crippen LogP contribution in [0, 0.1) is 16.7 Å². The molecule has 0 radical (unpaired) electrons. The maximum absolute atomic E-state index is 14.2. The molecular formula is C53H76O17. The second-order valence-electron chi connectivity index (χ2n) is 20.6. The number of carbonyl (C=O) groups excluding carboxylic acids is 4. The Morgan fingerprint density at radius 2 is 1.39 bits per heavy atom. The zero-order valence-corrected chi connectivity index (χ0v) is 42.4. The van der Waals surface area contributed by atoms with Crippen LogP contribution in [0.5, 0.6) is 0 Å². The molecule has 5 fully saturated rings. The summed E-state index contributed by atoms with van der Waals surface area (Å²) in [4.78, 5) is 54.1. The molecule has 0 amide bonds. The summed E-state index contributed by atoms with van der Waals surface area (Å²) in [5.41, 5.74) is -2.48. The first-order valence-electron chi connectivity index (χ1n) is 25.0. The van der Waals surface area contributed by atoms with E-state index in [1.165, 1.54) is 19.9 Å². The van der Waals surface area contributed by atoms with Crippen molar-refractivity contribution in [3.8, 4) is 0 Å². The molecule has 3 aliphatic heterocycles. The number of benzene rings is 1. The van der Waals surface area contributed by atoms with Gasteiger partial charge in [0.15, 0.2) is 18.9 Å². The van der Waals surface area contributed by atoms with Crippen LogP contribution in [0.15, 0.2) is 48.1 Å². The van der Waals surface area contributed by atoms with E-state index in [4.69, 9.17) is 52.1 Å². The van der Waals surface area contributed by atoms with Crippen LogP contribution < -0.4 is 0 Å². The van der Waals surface area contributed by atoms with E-state index in [9.17, 15) is 29.4 Å². The van der Waals surface area contributed by atoms with Crippen molar-refractivity contribution in [3.63, 3.8) is 0 Å². The van der Waals surface area contributed by atoms with Crippen LogP contribution in [0.25, 0.3) is 6.08 Å². The number of ketones is 2. The molecule has 19 atom stereocenters. The Balaban J connectivity index is 1.00. The molecule has 390 valence electrons. The zero-order valence-electron chi connectivity index (χ0n) is 42.4. The molecule has 17 heteroatoms. The molecule has 70 heavy (non-hydrogen) atoms. The fourth-order valence-corrected chi connectivity index (χ4v) is 12.1. The Morgan fingerprint density at radius 3 is 1.97 bits per heavy atom. The maximum Gasteiger partial charge on any atom is 0.331 e. The average molecular weight is 985 g/mol. The van der Waals surface area contributed by atoms with Crippen molar-refractivity contribution in [2.24, 2.45) is 16.7 Å². The number of Topliss-reactive ketones (excluding diaryl/α,β-unsaturated/α-hetero) is 2. The summed E-state index contributed by atoms with van der Waals surface area (Å²) in [6.45, 7) is 12.0. The van der Waals surface area contributed by atoms with Crippen molar-refractivity contribution in [2.45, 2.75) is 210 Å². The number of rotatable bonds is 17. The molecule has 7 rings (SSSR count). The number of hydrogen-bond donors (Lipinski definition) is 2. The van der Waals surface area contributed by atoms with Crippen molar-refractivity contribution >= 4 is 29.6 Å². The molecule has 2 saturated carbocycles. The Labute approximate surface area is 412 Å². The molecule has 17 nitrogen and oxygen atoms in total. The Bertz CT molecular complexity index is 2040. The summed E-state index contributed by atoms with van der Waals surface area (Å²) in [5.74, 6) is -2.42. The van der Waals surface area contributed by atoms with Gasteiger partial charge in [-0.2, -0.15) is 0 Å². The molecule has 0 spiro atoms. The Kier molecular flexibility index (Phi) is 17.7. The van der Waals surface area contributed by atoms with Crippen molar-refractivity contribution in [1.29, 1.82) is 0 Å². The molecule has 0 bridgehead atoms. The van der Waals surface area contributed by atoms with Crippen LogP contribution in [0.2, 0.25) is 0 Å². The standard InChI is InChI=1S/C53H76O17/c1-29-48(58)39(60-8)26-46(63-29)69-50-31(3)65-47(28-41(50)62-10)70-49-30(2)64-45(27-40(49)61-9)67-36-20-22-51(6)35(24-36)17-18-38(55)37(51)25-43(68-44(57)19-16-34-14-12-11-13-15-34)52(7)42(56)21-23-53(52,59)32(4)66-33(5)54/h11-17,19,29-32,36-37,39-41,43,45-50,58-59H,18,20-28H2,1-10H3. The van der Waals surface area contributed by atoms with E-state index in [0.29, 0.717) is 38.5 Å². The monoisotopic (exact) mass is 985 g/mol. The third kappa shape index (κ3) is 11.3. The van der Waals surface area contributed by atoms with Gasteiger partial charge in [0.05, 0.1) is 48.1 Å². The number of carbonyl (C=O) groups is 4. The van der Waals surface area contributed by atoms with E-state index < -0.39 is 114 Å². The smallest absolute Gasteiger partial charge is 0.331 e. The van der Waals surface area contributed by atoms with E-state index in [0.717, 1.165) is 11.1 Å². The largest absolute Gasteiger partial charge is 0.460 e. The topological polar surface area (TPSA) is 210 Å². The maximum atomic E-state index is 14.2. The van der Waals surface area contributed by atoms with Crippen LogP contribution in [-0.4, -0.2) is 153 Å². The highest BCUT2D eigenvalue weighted by Gasteiger charge is 2.66. The molecular weight excluding hydrogens is 909 g/mol. The molecule has 2 N–H and O–H groups in total. The molecule has 3 heterocycles. The van der Waals surface area contributed by atoms with Crippen molar-refractivity contribution in [1.82, 2.24) is 0 Å². The number of fused-ring (bicyclic) bond motifs is 1. The van der Waals surface area contributed by atoms with Gasteiger partial charge in [-0.25, -0.2) is 4.79 Å². The number of esters is 2. The van der Waals surface area contributed by atoms with Crippen molar-refractivity contribution in [3.05, 3.63) is 53.6 Å². The van der Waals surface area contributed by atoms with Gasteiger partial charge in [-0.15, -0.1) is 0 Å². The van der Waals surface area contributed by atoms with Gasteiger partial charge in [0.25, 0.3) is 0 Å². The second kappa shape index (κ2) is 22.8. The quantitative estimate of drug-likeness (QED) is 0.109. The summed E-state index contributed by atoms with van der Waals surface area (Å²) in [6.07, 6.45) is -1.03. The molecule has 6 aliphatic rings. The predicted molar refractivity (Wildman–Crippen MR) is 252 cm³/mol. The first-order chi connectivity index (χ1) is 33.2. The number of ether oxygens (including phenoxy) is 11. The SMILES string of the molecule is COC1CC(OC2C(C)OC(OC3C(C)OC(OC4CCC5(C)C(=CCC(=O)C5CC(OC(=O)C=Cc5ccccc5)C5(C)C(=O)CCC5(O)C(C)OC(C)=O)C4)CC3OC)CC2OC)OC(C)C1O. The average Bonchev–Trinajstić information content (AvgIpc) is 3.57. The van der Waals surface area contributed by atoms with E-state index in [-0.39, 0.29) is 49.5 Å². The van der Waals surface area contributed by atoms with Crippen LogP contribution in [-0.2, 0) is 71.3 Å². The minimum absolute atomic E-state index is 0.0129. The van der Waals surface area contributed by atoms with E-state index in [2.05, 4.69) is 0 Å². The van der Waals surface area contributed by atoms with E-state index in [1.54, 1.807) is 41.3 Å². The first-order valence-corrected chi connectivity index (χ1v) is 25.0. The van der Waals surface area contributed by atoms with Crippen LogP contribution in [0.4, 0.5) is 0 Å². The van der Waals surface area contributed by atoms with Crippen molar-refractivity contribution < 1.29 is 81.5 Å². The lowest BCUT2D eigenvalue weighted by atomic mass is 9.56. The summed E-state index contributed by atoms with van der Waals surface area (Å²) in [5, 5.41) is 22.8. The van der Waals surface area contributed by atoms with E-state index in [1.807, 2.05) is 57.2 Å². The van der Waals surface area contributed by atoms with Gasteiger partial charge < -0.3 is 62.3 Å². The summed E-state index contributed by atoms with van der Waals surface area (Å²) in [7, 11) is 4.82. The minimum Gasteiger partial charge on any atom is -0.460 e. The fraction of sp³-hybridized carbons (Fsp3) is 0.736. The third-order valence-electron chi connectivity index (χ3n) is 16.4. The molecule has 1 aromatic carbocycles. The summed E-state index contributed by atoms with van der Waals surface area (Å²) in [6, 6.07) is 9.20. The third-order valence-corrected chi connectivity index (χ3v) is 16.4.